The number of aromatic nitrogens is 2. The molecule has 0 aliphatic rings. The molecule has 0 saturated heterocycles. The summed E-state index contributed by atoms with van der Waals surface area (Å²) in [4.78, 5) is 17.6. The first-order chi connectivity index (χ1) is 13.4. The Morgan fingerprint density at radius 2 is 2.07 bits per heavy atom. The molecule has 0 saturated carbocycles. The molecule has 0 N–H and O–H groups in total. The monoisotopic (exact) mass is 461 g/mol. The summed E-state index contributed by atoms with van der Waals surface area (Å²) in [5.41, 5.74) is 1.24. The first-order valence-corrected chi connectivity index (χ1v) is 10.3. The molecule has 0 amide bonds. The Balaban J connectivity index is 2.03. The highest BCUT2D eigenvalue weighted by Crippen LogP contribution is 2.26. The van der Waals surface area contributed by atoms with Crippen molar-refractivity contribution in [3.63, 3.8) is 0 Å². The van der Waals surface area contributed by atoms with Gasteiger partial charge in [0.05, 0.1) is 28.2 Å². The minimum Gasteiger partial charge on any atom is -0.489 e. The van der Waals surface area contributed by atoms with E-state index in [1.54, 1.807) is 24.4 Å². The molecule has 3 aromatic rings. The second-order valence-electron chi connectivity index (χ2n) is 6.66. The van der Waals surface area contributed by atoms with E-state index in [4.69, 9.17) is 16.3 Å². The normalized spacial score (nSPS) is 11.6. The molecular formula is C21H21BrClN3O2. The van der Waals surface area contributed by atoms with Crippen molar-refractivity contribution in [1.29, 1.82) is 0 Å². The Bertz CT molecular complexity index is 1090. The van der Waals surface area contributed by atoms with Gasteiger partial charge in [-0.1, -0.05) is 34.5 Å². The lowest BCUT2D eigenvalue weighted by molar-refractivity contribution is 0.242. The van der Waals surface area contributed by atoms with Gasteiger partial charge < -0.3 is 4.74 Å². The highest BCUT2D eigenvalue weighted by Gasteiger charge is 2.11. The number of halogens is 2. The quantitative estimate of drug-likeness (QED) is 0.459. The van der Waals surface area contributed by atoms with Crippen LogP contribution in [-0.4, -0.2) is 22.0 Å². The fourth-order valence-corrected chi connectivity index (χ4v) is 3.37. The van der Waals surface area contributed by atoms with Crippen molar-refractivity contribution >= 4 is 44.6 Å². The molecule has 0 aliphatic heterocycles. The van der Waals surface area contributed by atoms with Crippen molar-refractivity contribution in [1.82, 2.24) is 9.66 Å². The van der Waals surface area contributed by atoms with E-state index in [-0.39, 0.29) is 11.7 Å². The standard InChI is InChI=1S/C21H21BrClN3O2/c1-4-5-20-25-18-8-7-15(22)11-16(18)21(27)26(20)24-12-14-6-9-19(17(23)10-14)28-13(2)3/h6-13H,4-5H2,1-3H3. The largest absolute Gasteiger partial charge is 0.489 e. The molecule has 0 unspecified atom stereocenters. The number of benzene rings is 2. The lowest BCUT2D eigenvalue weighted by Gasteiger charge is -2.11. The lowest BCUT2D eigenvalue weighted by Crippen LogP contribution is -2.22. The molecule has 2 aromatic carbocycles. The molecule has 28 heavy (non-hydrogen) atoms. The minimum atomic E-state index is -0.197. The van der Waals surface area contributed by atoms with Crippen LogP contribution in [0.15, 0.2) is 50.8 Å². The smallest absolute Gasteiger partial charge is 0.282 e. The van der Waals surface area contributed by atoms with Crippen molar-refractivity contribution in [3.8, 4) is 5.75 Å². The molecule has 0 atom stereocenters. The molecule has 146 valence electrons. The van der Waals surface area contributed by atoms with Crippen molar-refractivity contribution < 1.29 is 4.74 Å². The highest BCUT2D eigenvalue weighted by atomic mass is 79.9. The molecule has 0 bridgehead atoms. The molecule has 7 heteroatoms. The van der Waals surface area contributed by atoms with Crippen LogP contribution in [0.1, 0.15) is 38.6 Å². The Kier molecular flexibility index (Phi) is 6.52. The van der Waals surface area contributed by atoms with E-state index < -0.39 is 0 Å². The van der Waals surface area contributed by atoms with Crippen LogP contribution in [0.3, 0.4) is 0 Å². The van der Waals surface area contributed by atoms with Gasteiger partial charge in [-0.05, 0) is 62.2 Å². The van der Waals surface area contributed by atoms with Crippen molar-refractivity contribution in [3.05, 3.63) is 67.6 Å². The maximum atomic E-state index is 13.0. The Hall–Kier alpha value is -2.18. The fourth-order valence-electron chi connectivity index (χ4n) is 2.77. The van der Waals surface area contributed by atoms with Crippen molar-refractivity contribution in [2.24, 2.45) is 5.10 Å². The summed E-state index contributed by atoms with van der Waals surface area (Å²) < 4.78 is 7.84. The van der Waals surface area contributed by atoms with Gasteiger partial charge in [-0.3, -0.25) is 4.79 Å². The molecule has 3 rings (SSSR count). The molecule has 1 aromatic heterocycles. The zero-order valence-electron chi connectivity index (χ0n) is 15.9. The highest BCUT2D eigenvalue weighted by molar-refractivity contribution is 9.10. The lowest BCUT2D eigenvalue weighted by atomic mass is 10.2. The molecular weight excluding hydrogens is 442 g/mol. The number of ether oxygens (including phenoxy) is 1. The third-order valence-corrected chi connectivity index (χ3v) is 4.78. The predicted octanol–water partition coefficient (Wildman–Crippen LogP) is 5.43. The van der Waals surface area contributed by atoms with Crippen LogP contribution in [0.25, 0.3) is 10.9 Å². The van der Waals surface area contributed by atoms with Gasteiger partial charge in [-0.25, -0.2) is 4.98 Å². The van der Waals surface area contributed by atoms with Gasteiger partial charge in [0.25, 0.3) is 5.56 Å². The topological polar surface area (TPSA) is 56.5 Å². The van der Waals surface area contributed by atoms with Crippen LogP contribution in [-0.2, 0) is 6.42 Å². The van der Waals surface area contributed by atoms with E-state index in [1.807, 2.05) is 39.0 Å². The first kappa shape index (κ1) is 20.6. The Morgan fingerprint density at radius 3 is 2.75 bits per heavy atom. The molecule has 0 radical (unpaired) electrons. The SMILES string of the molecule is CCCc1nc2ccc(Br)cc2c(=O)n1N=Cc1ccc(OC(C)C)c(Cl)c1. The zero-order chi connectivity index (χ0) is 20.3. The van der Waals surface area contributed by atoms with Gasteiger partial charge in [-0.15, -0.1) is 0 Å². The Labute approximate surface area is 177 Å². The van der Waals surface area contributed by atoms with Crippen LogP contribution in [0, 0.1) is 0 Å². The number of hydrogen-bond acceptors (Lipinski definition) is 4. The molecule has 0 spiro atoms. The van der Waals surface area contributed by atoms with Gasteiger partial charge in [-0.2, -0.15) is 9.78 Å². The van der Waals surface area contributed by atoms with E-state index in [0.29, 0.717) is 33.9 Å². The zero-order valence-corrected chi connectivity index (χ0v) is 18.3. The minimum absolute atomic E-state index is 0.0372. The number of aryl methyl sites for hydroxylation is 1. The average Bonchev–Trinajstić information content (AvgIpc) is 2.64. The summed E-state index contributed by atoms with van der Waals surface area (Å²) in [5.74, 6) is 1.25. The summed E-state index contributed by atoms with van der Waals surface area (Å²) in [6.07, 6.45) is 3.16. The number of rotatable bonds is 6. The number of hydrogen-bond donors (Lipinski definition) is 0. The van der Waals surface area contributed by atoms with Gasteiger partial charge >= 0.3 is 0 Å². The summed E-state index contributed by atoms with van der Waals surface area (Å²) in [6.45, 7) is 5.93. The molecule has 0 fully saturated rings. The van der Waals surface area contributed by atoms with E-state index >= 15 is 0 Å². The average molecular weight is 463 g/mol. The maximum absolute atomic E-state index is 13.0. The summed E-state index contributed by atoms with van der Waals surface area (Å²) >= 11 is 9.70. The summed E-state index contributed by atoms with van der Waals surface area (Å²) in [7, 11) is 0. The third-order valence-electron chi connectivity index (χ3n) is 3.99. The second-order valence-corrected chi connectivity index (χ2v) is 7.98. The number of fused-ring (bicyclic) bond motifs is 1. The molecule has 0 aliphatic carbocycles. The van der Waals surface area contributed by atoms with Crippen LogP contribution in [0.4, 0.5) is 0 Å². The maximum Gasteiger partial charge on any atom is 0.282 e. The number of nitrogens with zero attached hydrogens (tertiary/aromatic N) is 3. The Morgan fingerprint density at radius 1 is 1.29 bits per heavy atom. The van der Waals surface area contributed by atoms with Crippen molar-refractivity contribution in [2.75, 3.05) is 0 Å². The molecule has 5 nitrogen and oxygen atoms in total. The van der Waals surface area contributed by atoms with Crippen LogP contribution < -0.4 is 10.3 Å². The van der Waals surface area contributed by atoms with Crippen LogP contribution >= 0.6 is 27.5 Å². The van der Waals surface area contributed by atoms with Crippen molar-refractivity contribution in [2.45, 2.75) is 39.7 Å². The molecule has 1 heterocycles. The predicted molar refractivity (Wildman–Crippen MR) is 118 cm³/mol. The summed E-state index contributed by atoms with van der Waals surface area (Å²) in [6, 6.07) is 10.9. The van der Waals surface area contributed by atoms with Crippen LogP contribution in [0.2, 0.25) is 5.02 Å². The van der Waals surface area contributed by atoms with E-state index in [0.717, 1.165) is 16.5 Å². The van der Waals surface area contributed by atoms with E-state index in [2.05, 4.69) is 26.0 Å². The van der Waals surface area contributed by atoms with Gasteiger partial charge in [0, 0.05) is 10.9 Å². The second kappa shape index (κ2) is 8.88. The van der Waals surface area contributed by atoms with Crippen LogP contribution in [0.5, 0.6) is 5.75 Å². The third kappa shape index (κ3) is 4.62. The van der Waals surface area contributed by atoms with E-state index in [9.17, 15) is 4.79 Å². The first-order valence-electron chi connectivity index (χ1n) is 9.10. The van der Waals surface area contributed by atoms with Gasteiger partial charge in [0.15, 0.2) is 0 Å². The van der Waals surface area contributed by atoms with E-state index in [1.165, 1.54) is 4.68 Å². The van der Waals surface area contributed by atoms with Gasteiger partial charge in [0.2, 0.25) is 0 Å². The van der Waals surface area contributed by atoms with Gasteiger partial charge in [0.1, 0.15) is 11.6 Å². The summed E-state index contributed by atoms with van der Waals surface area (Å²) in [5, 5.41) is 5.43. The fraction of sp³-hybridized carbons (Fsp3) is 0.286.